The van der Waals surface area contributed by atoms with Gasteiger partial charge in [0.15, 0.2) is 0 Å². The smallest absolute Gasteiger partial charge is 0.338 e. The first-order valence-electron chi connectivity index (χ1n) is 8.15. The summed E-state index contributed by atoms with van der Waals surface area (Å²) in [6.45, 7) is 3.68. The van der Waals surface area contributed by atoms with Crippen molar-refractivity contribution in [1.82, 2.24) is 0 Å². The largest absolute Gasteiger partial charge is 0.465 e. The van der Waals surface area contributed by atoms with Crippen molar-refractivity contribution in [3.8, 4) is 20.9 Å². The van der Waals surface area contributed by atoms with E-state index in [4.69, 9.17) is 9.47 Å². The lowest BCUT2D eigenvalue weighted by atomic mass is 9.86. The molecule has 0 spiro atoms. The molecule has 3 rings (SSSR count). The molecule has 4 nitrogen and oxygen atoms in total. The van der Waals surface area contributed by atoms with Crippen LogP contribution in [0.1, 0.15) is 31.8 Å². The molecule has 0 aliphatic heterocycles. The fourth-order valence-electron chi connectivity index (χ4n) is 3.23. The molecule has 0 aliphatic carbocycles. The predicted octanol–water partition coefficient (Wildman–Crippen LogP) is 6.86. The first-order chi connectivity index (χ1) is 13.3. The van der Waals surface area contributed by atoms with Gasteiger partial charge < -0.3 is 9.47 Å². The molecule has 3 aromatic rings. The second-order valence-electron chi connectivity index (χ2n) is 5.94. The molecule has 0 fully saturated rings. The molecule has 2 aromatic heterocycles. The van der Waals surface area contributed by atoms with Gasteiger partial charge in [-0.1, -0.05) is 0 Å². The molecule has 0 radical (unpaired) electrons. The Kier molecular flexibility index (Phi) is 6.44. The molecule has 0 aliphatic rings. The van der Waals surface area contributed by atoms with E-state index < -0.39 is 11.9 Å². The topological polar surface area (TPSA) is 52.6 Å². The minimum absolute atomic E-state index is 0.437. The van der Waals surface area contributed by atoms with E-state index in [0.29, 0.717) is 33.4 Å². The highest BCUT2D eigenvalue weighted by Crippen LogP contribution is 2.45. The van der Waals surface area contributed by atoms with E-state index >= 15 is 0 Å². The van der Waals surface area contributed by atoms with Crippen molar-refractivity contribution in [2.75, 3.05) is 14.2 Å². The Hall–Kier alpha value is -1.48. The normalized spacial score (nSPS) is 10.8. The van der Waals surface area contributed by atoms with E-state index in [2.05, 4.69) is 31.9 Å². The SMILES string of the molecule is COC(=O)c1c(C)c(-c2ccc(Br)s2)c(C(=O)OC)c(C)c1-c1ccc(Br)s1. The lowest BCUT2D eigenvalue weighted by molar-refractivity contribution is 0.0586. The zero-order valence-electron chi connectivity index (χ0n) is 15.5. The van der Waals surface area contributed by atoms with Gasteiger partial charge in [0.25, 0.3) is 0 Å². The van der Waals surface area contributed by atoms with Gasteiger partial charge in [-0.05, 0) is 81.1 Å². The first kappa shape index (κ1) is 21.2. The highest BCUT2D eigenvalue weighted by atomic mass is 79.9. The van der Waals surface area contributed by atoms with E-state index in [1.807, 2.05) is 38.1 Å². The standard InChI is InChI=1S/C20H16Br2O4S2/c1-9-15(11-5-7-13(21)27-11)18(20(24)26-4)10(2)16(17(9)19(23)25-3)12-6-8-14(22)28-12/h5-8H,1-4H3. The van der Waals surface area contributed by atoms with Crippen molar-refractivity contribution >= 4 is 66.5 Å². The van der Waals surface area contributed by atoms with Crippen LogP contribution in [-0.2, 0) is 9.47 Å². The molecule has 0 amide bonds. The van der Waals surface area contributed by atoms with Gasteiger partial charge in [-0.3, -0.25) is 0 Å². The monoisotopic (exact) mass is 542 g/mol. The number of halogens is 2. The third-order valence-corrected chi connectivity index (χ3v) is 7.70. The summed E-state index contributed by atoms with van der Waals surface area (Å²) in [5.74, 6) is -0.873. The molecular weight excluding hydrogens is 528 g/mol. The van der Waals surface area contributed by atoms with E-state index in [-0.39, 0.29) is 0 Å². The number of hydrogen-bond acceptors (Lipinski definition) is 6. The van der Waals surface area contributed by atoms with Crippen molar-refractivity contribution in [2.45, 2.75) is 13.8 Å². The van der Waals surface area contributed by atoms with E-state index in [9.17, 15) is 9.59 Å². The van der Waals surface area contributed by atoms with Gasteiger partial charge in [-0.15, -0.1) is 22.7 Å². The van der Waals surface area contributed by atoms with E-state index in [1.165, 1.54) is 36.9 Å². The number of methoxy groups -OCH3 is 2. The number of ether oxygens (including phenoxy) is 2. The Morgan fingerprint density at radius 2 is 1.11 bits per heavy atom. The Labute approximate surface area is 187 Å². The molecule has 0 saturated carbocycles. The summed E-state index contributed by atoms with van der Waals surface area (Å²) in [6, 6.07) is 7.67. The maximum atomic E-state index is 12.8. The molecule has 146 valence electrons. The van der Waals surface area contributed by atoms with Gasteiger partial charge in [0.1, 0.15) is 0 Å². The van der Waals surface area contributed by atoms with E-state index in [1.54, 1.807) is 0 Å². The predicted molar refractivity (Wildman–Crippen MR) is 121 cm³/mol. The summed E-state index contributed by atoms with van der Waals surface area (Å²) < 4.78 is 12.1. The van der Waals surface area contributed by atoms with Gasteiger partial charge >= 0.3 is 11.9 Å². The lowest BCUT2D eigenvalue weighted by Crippen LogP contribution is -2.14. The third-order valence-electron chi connectivity index (χ3n) is 4.42. The number of benzene rings is 1. The van der Waals surface area contributed by atoms with Gasteiger partial charge in [0, 0.05) is 20.9 Å². The number of esters is 2. The molecule has 28 heavy (non-hydrogen) atoms. The molecule has 1 aromatic carbocycles. The van der Waals surface area contributed by atoms with Gasteiger partial charge in [0.2, 0.25) is 0 Å². The van der Waals surface area contributed by atoms with Gasteiger partial charge in [-0.25, -0.2) is 9.59 Å². The third kappa shape index (κ3) is 3.70. The minimum Gasteiger partial charge on any atom is -0.465 e. The highest BCUT2D eigenvalue weighted by molar-refractivity contribution is 9.11. The summed E-state index contributed by atoms with van der Waals surface area (Å²) in [6.07, 6.45) is 0. The van der Waals surface area contributed by atoms with E-state index in [0.717, 1.165) is 17.3 Å². The van der Waals surface area contributed by atoms with Crippen molar-refractivity contribution < 1.29 is 19.1 Å². The molecule has 8 heteroatoms. The van der Waals surface area contributed by atoms with Crippen molar-refractivity contribution in [2.24, 2.45) is 0 Å². The molecular formula is C20H16Br2O4S2. The second-order valence-corrected chi connectivity index (χ2v) is 10.9. The number of hydrogen-bond donors (Lipinski definition) is 0. The van der Waals surface area contributed by atoms with Crippen LogP contribution < -0.4 is 0 Å². The zero-order valence-corrected chi connectivity index (χ0v) is 20.3. The summed E-state index contributed by atoms with van der Waals surface area (Å²) in [5, 5.41) is 0. The average molecular weight is 544 g/mol. The lowest BCUT2D eigenvalue weighted by Gasteiger charge is -2.20. The van der Waals surface area contributed by atoms with Crippen LogP contribution in [0.5, 0.6) is 0 Å². The summed E-state index contributed by atoms with van der Waals surface area (Å²) >= 11 is 9.93. The maximum absolute atomic E-state index is 12.8. The quantitative estimate of drug-likeness (QED) is 0.337. The fourth-order valence-corrected chi connectivity index (χ4v) is 6.22. The zero-order chi connectivity index (χ0) is 20.6. The van der Waals surface area contributed by atoms with Crippen LogP contribution in [0, 0.1) is 13.8 Å². The highest BCUT2D eigenvalue weighted by Gasteiger charge is 2.30. The number of carbonyl (C=O) groups is 2. The minimum atomic E-state index is -0.437. The van der Waals surface area contributed by atoms with Crippen LogP contribution in [-0.4, -0.2) is 26.2 Å². The van der Waals surface area contributed by atoms with Crippen LogP contribution in [0.3, 0.4) is 0 Å². The summed E-state index contributed by atoms with van der Waals surface area (Å²) in [5.41, 5.74) is 3.68. The van der Waals surface area contributed by atoms with Gasteiger partial charge in [-0.2, -0.15) is 0 Å². The van der Waals surface area contributed by atoms with Crippen LogP contribution in [0.25, 0.3) is 20.9 Å². The number of thiophene rings is 2. The molecule has 0 unspecified atom stereocenters. The fraction of sp³-hybridized carbons (Fsp3) is 0.200. The van der Waals surface area contributed by atoms with Crippen LogP contribution in [0.15, 0.2) is 31.8 Å². The van der Waals surface area contributed by atoms with Crippen LogP contribution >= 0.6 is 54.5 Å². The first-order valence-corrected chi connectivity index (χ1v) is 11.4. The van der Waals surface area contributed by atoms with Crippen LogP contribution in [0.4, 0.5) is 0 Å². The number of rotatable bonds is 4. The Bertz CT molecular complexity index is 996. The molecule has 0 atom stereocenters. The molecule has 0 N–H and O–H groups in total. The van der Waals surface area contributed by atoms with Crippen molar-refractivity contribution in [1.29, 1.82) is 0 Å². The maximum Gasteiger partial charge on any atom is 0.338 e. The molecule has 0 bridgehead atoms. The van der Waals surface area contributed by atoms with Gasteiger partial charge in [0.05, 0.1) is 32.9 Å². The summed E-state index contributed by atoms with van der Waals surface area (Å²) in [7, 11) is 2.72. The Balaban J connectivity index is 2.49. The Morgan fingerprint density at radius 3 is 1.36 bits per heavy atom. The second kappa shape index (κ2) is 8.49. The Morgan fingerprint density at radius 1 is 0.750 bits per heavy atom. The van der Waals surface area contributed by atoms with Crippen LogP contribution in [0.2, 0.25) is 0 Å². The molecule has 2 heterocycles. The van der Waals surface area contributed by atoms with Crippen molar-refractivity contribution in [3.05, 3.63) is 54.1 Å². The van der Waals surface area contributed by atoms with Crippen molar-refractivity contribution in [3.63, 3.8) is 0 Å². The molecule has 0 saturated heterocycles. The average Bonchev–Trinajstić information content (AvgIpc) is 3.29. The number of carbonyl (C=O) groups excluding carboxylic acids is 2. The summed E-state index contributed by atoms with van der Waals surface area (Å²) in [4.78, 5) is 27.3.